The topological polar surface area (TPSA) is 92.7 Å². The summed E-state index contributed by atoms with van der Waals surface area (Å²) >= 11 is 12.2. The number of carbonyl (C=O) groups is 3. The van der Waals surface area contributed by atoms with Crippen LogP contribution in [-0.2, 0) is 9.59 Å². The van der Waals surface area contributed by atoms with Gasteiger partial charge in [0.1, 0.15) is 5.75 Å². The first kappa shape index (κ1) is 21.7. The van der Waals surface area contributed by atoms with Crippen molar-refractivity contribution in [3.63, 3.8) is 0 Å². The summed E-state index contributed by atoms with van der Waals surface area (Å²) in [4.78, 5) is 36.8. The highest BCUT2D eigenvalue weighted by Crippen LogP contribution is 2.32. The molecule has 0 saturated heterocycles. The van der Waals surface area contributed by atoms with E-state index < -0.39 is 28.1 Å². The van der Waals surface area contributed by atoms with E-state index in [1.807, 2.05) is 0 Å². The number of ether oxygens (including phenoxy) is 1. The monoisotopic (exact) mass is 423 g/mol. The number of hydrogen-bond acceptors (Lipinski definition) is 4. The van der Waals surface area contributed by atoms with Crippen molar-refractivity contribution in [3.05, 3.63) is 59.1 Å². The van der Waals surface area contributed by atoms with Gasteiger partial charge >= 0.3 is 11.0 Å². The van der Waals surface area contributed by atoms with Gasteiger partial charge in [0.25, 0.3) is 5.91 Å². The number of anilines is 1. The lowest BCUT2D eigenvalue weighted by Gasteiger charge is -2.31. The first-order valence-corrected chi connectivity index (χ1v) is 9.02. The van der Waals surface area contributed by atoms with E-state index in [-0.39, 0.29) is 11.3 Å². The molecular weight excluding hydrogens is 405 g/mol. The Hall–Kier alpha value is -2.57. The van der Waals surface area contributed by atoms with Crippen LogP contribution in [0.3, 0.4) is 0 Å². The molecule has 0 aliphatic heterocycles. The van der Waals surface area contributed by atoms with Crippen molar-refractivity contribution < 1.29 is 24.2 Å². The van der Waals surface area contributed by atoms with Gasteiger partial charge in [-0.05, 0) is 48.5 Å². The number of benzene rings is 2. The molecule has 0 aliphatic carbocycles. The molecule has 8 heteroatoms. The first-order chi connectivity index (χ1) is 12.9. The Balaban J connectivity index is 2.36. The highest BCUT2D eigenvalue weighted by molar-refractivity contribution is 6.47. The van der Waals surface area contributed by atoms with Gasteiger partial charge in [0.2, 0.25) is 5.78 Å². The van der Waals surface area contributed by atoms with Crippen LogP contribution in [0.1, 0.15) is 31.1 Å². The molecule has 148 valence electrons. The second kappa shape index (κ2) is 8.20. The van der Waals surface area contributed by atoms with Crippen molar-refractivity contribution >= 4 is 46.5 Å². The van der Waals surface area contributed by atoms with Crippen LogP contribution >= 0.6 is 23.2 Å². The zero-order chi connectivity index (χ0) is 21.1. The smallest absolute Gasteiger partial charge is 0.335 e. The first-order valence-electron chi connectivity index (χ1n) is 8.26. The van der Waals surface area contributed by atoms with Crippen molar-refractivity contribution in [2.45, 2.75) is 25.8 Å². The van der Waals surface area contributed by atoms with Crippen LogP contribution in [0.15, 0.2) is 48.5 Å². The molecule has 0 radical (unpaired) electrons. The minimum absolute atomic E-state index is 0.0280. The van der Waals surface area contributed by atoms with Crippen molar-refractivity contribution in [2.24, 2.45) is 5.41 Å². The molecule has 2 rings (SSSR count). The van der Waals surface area contributed by atoms with E-state index in [2.05, 4.69) is 5.32 Å². The molecule has 0 spiro atoms. The second-order valence-corrected chi connectivity index (χ2v) is 8.04. The van der Waals surface area contributed by atoms with Crippen molar-refractivity contribution in [3.8, 4) is 5.75 Å². The summed E-state index contributed by atoms with van der Waals surface area (Å²) in [5, 5.41) is 9.65. The normalized spacial score (nSPS) is 13.3. The number of carboxylic acid groups (broad SMARTS) is 1. The largest absolute Gasteiger partial charge is 0.478 e. The number of amides is 1. The lowest BCUT2D eigenvalue weighted by Crippen LogP contribution is -2.54. The molecule has 0 heterocycles. The number of hydrogen-bond donors (Lipinski definition) is 2. The van der Waals surface area contributed by atoms with E-state index in [9.17, 15) is 14.4 Å². The van der Waals surface area contributed by atoms with Crippen LogP contribution in [0.4, 0.5) is 5.69 Å². The molecule has 28 heavy (non-hydrogen) atoms. The maximum atomic E-state index is 12.9. The predicted octanol–water partition coefficient (Wildman–Crippen LogP) is 4.61. The van der Waals surface area contributed by atoms with Gasteiger partial charge < -0.3 is 15.2 Å². The van der Waals surface area contributed by atoms with Crippen LogP contribution in [-0.4, -0.2) is 27.8 Å². The number of alkyl halides is 1. The standard InChI is InChI=1S/C20H19Cl2NO5/c1-19(2,3)17(26)20(22,18(27)23-14-8-6-13(21)7-9-14)28-15-10-4-12(5-11-15)16(24)25/h4-11H,1-3H3,(H,23,27)(H,24,25). The summed E-state index contributed by atoms with van der Waals surface area (Å²) in [5.41, 5.74) is -0.577. The van der Waals surface area contributed by atoms with Crippen molar-refractivity contribution in [1.29, 1.82) is 0 Å². The fraction of sp³-hybridized carbons (Fsp3) is 0.250. The van der Waals surface area contributed by atoms with Gasteiger partial charge in [-0.3, -0.25) is 9.59 Å². The summed E-state index contributed by atoms with van der Waals surface area (Å²) in [5.74, 6) is -2.58. The van der Waals surface area contributed by atoms with Gasteiger partial charge in [0.15, 0.2) is 0 Å². The Kier molecular flexibility index (Phi) is 6.37. The minimum atomic E-state index is -2.36. The van der Waals surface area contributed by atoms with E-state index in [4.69, 9.17) is 33.0 Å². The Morgan fingerprint density at radius 2 is 1.50 bits per heavy atom. The van der Waals surface area contributed by atoms with Gasteiger partial charge in [-0.25, -0.2) is 4.79 Å². The molecule has 0 saturated carbocycles. The Morgan fingerprint density at radius 1 is 0.964 bits per heavy atom. The number of carboxylic acids is 1. The summed E-state index contributed by atoms with van der Waals surface area (Å²) in [6.07, 6.45) is 0. The maximum Gasteiger partial charge on any atom is 0.335 e. The number of halogens is 2. The van der Waals surface area contributed by atoms with Gasteiger partial charge in [-0.1, -0.05) is 44.0 Å². The van der Waals surface area contributed by atoms with Crippen LogP contribution in [0.25, 0.3) is 0 Å². The number of Topliss-reactive ketones (excluding diaryl/α,β-unsaturated/α-hetero) is 1. The van der Waals surface area contributed by atoms with Gasteiger partial charge in [0, 0.05) is 16.1 Å². The summed E-state index contributed by atoms with van der Waals surface area (Å²) in [6.45, 7) is 4.83. The van der Waals surface area contributed by atoms with E-state index in [0.29, 0.717) is 10.7 Å². The van der Waals surface area contributed by atoms with E-state index in [1.165, 1.54) is 24.3 Å². The summed E-state index contributed by atoms with van der Waals surface area (Å²) in [6, 6.07) is 11.5. The van der Waals surface area contributed by atoms with E-state index >= 15 is 0 Å². The number of carbonyl (C=O) groups excluding carboxylic acids is 2. The highest BCUT2D eigenvalue weighted by Gasteiger charge is 2.51. The second-order valence-electron chi connectivity index (χ2n) is 7.07. The van der Waals surface area contributed by atoms with Crippen LogP contribution in [0, 0.1) is 5.41 Å². The van der Waals surface area contributed by atoms with E-state index in [0.717, 1.165) is 0 Å². The lowest BCUT2D eigenvalue weighted by atomic mass is 9.86. The molecule has 1 amide bonds. The zero-order valence-corrected chi connectivity index (χ0v) is 17.0. The number of aromatic carboxylic acids is 1. The van der Waals surface area contributed by atoms with Crippen LogP contribution in [0.5, 0.6) is 5.75 Å². The van der Waals surface area contributed by atoms with Crippen molar-refractivity contribution in [2.75, 3.05) is 5.32 Å². The van der Waals surface area contributed by atoms with Crippen molar-refractivity contribution in [1.82, 2.24) is 0 Å². The minimum Gasteiger partial charge on any atom is -0.478 e. The molecule has 2 aromatic rings. The fourth-order valence-electron chi connectivity index (χ4n) is 2.25. The average molecular weight is 424 g/mol. The Labute approximate surface area is 172 Å². The molecule has 2 aromatic carbocycles. The number of nitrogens with one attached hydrogen (secondary N) is 1. The molecule has 0 fully saturated rings. The number of rotatable bonds is 6. The third-order valence-corrected chi connectivity index (χ3v) is 4.40. The molecule has 1 unspecified atom stereocenters. The summed E-state index contributed by atoms with van der Waals surface area (Å²) in [7, 11) is 0. The highest BCUT2D eigenvalue weighted by atomic mass is 35.5. The average Bonchev–Trinajstić information content (AvgIpc) is 2.62. The predicted molar refractivity (Wildman–Crippen MR) is 107 cm³/mol. The quantitative estimate of drug-likeness (QED) is 0.522. The maximum absolute atomic E-state index is 12.9. The van der Waals surface area contributed by atoms with Gasteiger partial charge in [-0.15, -0.1) is 0 Å². The lowest BCUT2D eigenvalue weighted by molar-refractivity contribution is -0.144. The molecule has 0 aromatic heterocycles. The third kappa shape index (κ3) is 5.03. The molecule has 1 atom stereocenters. The molecular formula is C20H19Cl2NO5. The molecule has 6 nitrogen and oxygen atoms in total. The number of ketones is 1. The zero-order valence-electron chi connectivity index (χ0n) is 15.5. The van der Waals surface area contributed by atoms with Crippen LogP contribution in [0.2, 0.25) is 5.02 Å². The molecule has 0 aliphatic rings. The van der Waals surface area contributed by atoms with E-state index in [1.54, 1.807) is 45.0 Å². The SMILES string of the molecule is CC(C)(C)C(=O)C(Cl)(Oc1ccc(C(=O)O)cc1)C(=O)Nc1ccc(Cl)cc1. The Morgan fingerprint density at radius 3 is 1.96 bits per heavy atom. The Bertz CT molecular complexity index is 888. The van der Waals surface area contributed by atoms with Gasteiger partial charge in [-0.2, -0.15) is 0 Å². The van der Waals surface area contributed by atoms with Crippen LogP contribution < -0.4 is 10.1 Å². The third-order valence-electron chi connectivity index (χ3n) is 3.73. The fourth-order valence-corrected chi connectivity index (χ4v) is 2.80. The van der Waals surface area contributed by atoms with Gasteiger partial charge in [0.05, 0.1) is 5.56 Å². The molecule has 0 bridgehead atoms. The molecule has 2 N–H and O–H groups in total. The summed E-state index contributed by atoms with van der Waals surface area (Å²) < 4.78 is 5.57.